The molecule has 1 aliphatic heterocycles. The first-order valence-corrected chi connectivity index (χ1v) is 7.69. The van der Waals surface area contributed by atoms with Crippen LogP contribution in [-0.4, -0.2) is 40.7 Å². The molecule has 22 heavy (non-hydrogen) atoms. The highest BCUT2D eigenvalue weighted by atomic mass is 16.2. The van der Waals surface area contributed by atoms with E-state index in [1.54, 1.807) is 13.8 Å². The maximum atomic E-state index is 12.9. The fourth-order valence-electron chi connectivity index (χ4n) is 3.02. The second-order valence-corrected chi connectivity index (χ2v) is 5.51. The lowest BCUT2D eigenvalue weighted by molar-refractivity contribution is -0.152. The van der Waals surface area contributed by atoms with Crippen LogP contribution >= 0.6 is 0 Å². The third-order valence-electron chi connectivity index (χ3n) is 4.39. The summed E-state index contributed by atoms with van der Waals surface area (Å²) in [7, 11) is 0. The number of aryl methyl sites for hydroxylation is 1. The van der Waals surface area contributed by atoms with Crippen molar-refractivity contribution in [2.45, 2.75) is 39.5 Å². The number of urea groups is 1. The van der Waals surface area contributed by atoms with E-state index in [4.69, 9.17) is 0 Å². The van der Waals surface area contributed by atoms with Crippen LogP contribution in [0.3, 0.4) is 0 Å². The van der Waals surface area contributed by atoms with Gasteiger partial charge in [0.05, 0.1) is 0 Å². The van der Waals surface area contributed by atoms with E-state index in [0.717, 1.165) is 5.56 Å². The lowest BCUT2D eigenvalue weighted by Gasteiger charge is -2.43. The molecular formula is C17H22N2O3. The predicted octanol–water partition coefficient (Wildman–Crippen LogP) is 2.47. The molecule has 0 N–H and O–H groups in total. The van der Waals surface area contributed by atoms with E-state index in [-0.39, 0.29) is 13.1 Å². The molecule has 1 fully saturated rings. The highest BCUT2D eigenvalue weighted by molar-refractivity contribution is 6.22. The quantitative estimate of drug-likeness (QED) is 0.803. The van der Waals surface area contributed by atoms with E-state index < -0.39 is 23.3 Å². The summed E-state index contributed by atoms with van der Waals surface area (Å²) >= 11 is 0. The molecular weight excluding hydrogens is 280 g/mol. The molecule has 5 heteroatoms. The number of barbiturate groups is 1. The lowest BCUT2D eigenvalue weighted by Crippen LogP contribution is -2.66. The van der Waals surface area contributed by atoms with Gasteiger partial charge in [0.15, 0.2) is 5.41 Å². The molecule has 0 unspecified atom stereocenters. The summed E-state index contributed by atoms with van der Waals surface area (Å²) in [6.07, 6.45) is 0.327. The van der Waals surface area contributed by atoms with Crippen LogP contribution in [-0.2, 0) is 15.0 Å². The molecule has 1 aromatic rings. The van der Waals surface area contributed by atoms with Gasteiger partial charge in [-0.1, -0.05) is 36.8 Å². The highest BCUT2D eigenvalue weighted by Gasteiger charge is 2.56. The van der Waals surface area contributed by atoms with Crippen LogP contribution in [0.15, 0.2) is 24.3 Å². The van der Waals surface area contributed by atoms with Crippen LogP contribution in [0.1, 0.15) is 38.3 Å². The molecule has 0 spiro atoms. The number of amides is 4. The topological polar surface area (TPSA) is 57.7 Å². The van der Waals surface area contributed by atoms with Gasteiger partial charge in [-0.2, -0.15) is 0 Å². The van der Waals surface area contributed by atoms with E-state index in [9.17, 15) is 14.4 Å². The maximum Gasteiger partial charge on any atom is 0.333 e. The summed E-state index contributed by atoms with van der Waals surface area (Å²) in [5.74, 6) is -0.831. The Morgan fingerprint density at radius 1 is 0.864 bits per heavy atom. The molecule has 0 atom stereocenters. The molecule has 1 saturated heterocycles. The monoisotopic (exact) mass is 302 g/mol. The number of likely N-dealkylation sites (N-methyl/N-ethyl adjacent to an activating group) is 2. The van der Waals surface area contributed by atoms with Crippen molar-refractivity contribution in [3.8, 4) is 0 Å². The molecule has 1 heterocycles. The number of nitrogens with zero attached hydrogens (tertiary/aromatic N) is 2. The van der Waals surface area contributed by atoms with Gasteiger partial charge in [-0.25, -0.2) is 4.79 Å². The van der Waals surface area contributed by atoms with Gasteiger partial charge in [0.25, 0.3) is 11.8 Å². The summed E-state index contributed by atoms with van der Waals surface area (Å²) in [6, 6.07) is 6.88. The van der Waals surface area contributed by atoms with Crippen molar-refractivity contribution < 1.29 is 14.4 Å². The Morgan fingerprint density at radius 3 is 1.68 bits per heavy atom. The van der Waals surface area contributed by atoms with E-state index >= 15 is 0 Å². The normalized spacial score (nSPS) is 18.1. The summed E-state index contributed by atoms with van der Waals surface area (Å²) in [5.41, 5.74) is 0.412. The Bertz CT molecular complexity index is 581. The number of imide groups is 2. The van der Waals surface area contributed by atoms with E-state index in [0.29, 0.717) is 12.0 Å². The number of hydrogen-bond acceptors (Lipinski definition) is 3. The van der Waals surface area contributed by atoms with Crippen LogP contribution in [0.5, 0.6) is 0 Å². The Morgan fingerprint density at radius 2 is 1.32 bits per heavy atom. The molecule has 0 aliphatic carbocycles. The second kappa shape index (κ2) is 5.91. The molecule has 2 rings (SSSR count). The van der Waals surface area contributed by atoms with E-state index in [2.05, 4.69) is 0 Å². The zero-order chi connectivity index (χ0) is 16.5. The number of carbonyl (C=O) groups is 3. The minimum Gasteiger partial charge on any atom is -0.273 e. The summed E-state index contributed by atoms with van der Waals surface area (Å²) < 4.78 is 0. The third-order valence-corrected chi connectivity index (χ3v) is 4.39. The van der Waals surface area contributed by atoms with Crippen molar-refractivity contribution in [1.29, 1.82) is 0 Å². The first-order valence-electron chi connectivity index (χ1n) is 7.69. The molecule has 5 nitrogen and oxygen atoms in total. The molecule has 0 bridgehead atoms. The lowest BCUT2D eigenvalue weighted by atomic mass is 9.74. The zero-order valence-corrected chi connectivity index (χ0v) is 13.5. The second-order valence-electron chi connectivity index (χ2n) is 5.51. The Labute approximate surface area is 130 Å². The van der Waals surface area contributed by atoms with Crippen molar-refractivity contribution in [1.82, 2.24) is 9.80 Å². The molecule has 0 radical (unpaired) electrons. The third kappa shape index (κ3) is 2.12. The largest absolute Gasteiger partial charge is 0.333 e. The standard InChI is InChI=1S/C17H22N2O3/c1-5-17(13-10-8-12(4)9-11-13)14(20)18(6-2)16(22)19(7-3)15(17)21/h8-11H,5-7H2,1-4H3. The molecule has 118 valence electrons. The van der Waals surface area contributed by atoms with Gasteiger partial charge in [0.2, 0.25) is 0 Å². The maximum absolute atomic E-state index is 12.9. The van der Waals surface area contributed by atoms with E-state index in [1.165, 1.54) is 9.80 Å². The Kier molecular flexibility index (Phi) is 4.35. The summed E-state index contributed by atoms with van der Waals surface area (Å²) in [5, 5.41) is 0. The molecule has 1 aliphatic rings. The smallest absolute Gasteiger partial charge is 0.273 e. The number of carbonyl (C=O) groups excluding carboxylic acids is 3. The average molecular weight is 302 g/mol. The van der Waals surface area contributed by atoms with Crippen LogP contribution in [0, 0.1) is 6.92 Å². The van der Waals surface area contributed by atoms with Crippen molar-refractivity contribution in [2.24, 2.45) is 0 Å². The van der Waals surface area contributed by atoms with Gasteiger partial charge in [-0.15, -0.1) is 0 Å². The first-order chi connectivity index (χ1) is 10.4. The number of hydrogen-bond donors (Lipinski definition) is 0. The Balaban J connectivity index is 2.65. The average Bonchev–Trinajstić information content (AvgIpc) is 2.51. The highest BCUT2D eigenvalue weighted by Crippen LogP contribution is 2.36. The minimum absolute atomic E-state index is 0.259. The van der Waals surface area contributed by atoms with Crippen molar-refractivity contribution in [2.75, 3.05) is 13.1 Å². The van der Waals surface area contributed by atoms with Crippen LogP contribution < -0.4 is 0 Å². The SMILES string of the molecule is CCN1C(=O)N(CC)C(=O)C(CC)(c2ccc(C)cc2)C1=O. The van der Waals surface area contributed by atoms with Gasteiger partial charge in [-0.3, -0.25) is 19.4 Å². The summed E-state index contributed by atoms with van der Waals surface area (Å²) in [4.78, 5) is 40.5. The van der Waals surface area contributed by atoms with Crippen molar-refractivity contribution in [3.05, 3.63) is 35.4 Å². The fraction of sp³-hybridized carbons (Fsp3) is 0.471. The van der Waals surface area contributed by atoms with Crippen molar-refractivity contribution in [3.63, 3.8) is 0 Å². The van der Waals surface area contributed by atoms with Crippen molar-refractivity contribution >= 4 is 17.8 Å². The Hall–Kier alpha value is -2.17. The van der Waals surface area contributed by atoms with Gasteiger partial charge >= 0.3 is 6.03 Å². The molecule has 0 saturated carbocycles. The molecule has 1 aromatic carbocycles. The van der Waals surface area contributed by atoms with Gasteiger partial charge < -0.3 is 0 Å². The van der Waals surface area contributed by atoms with Crippen LogP contribution in [0.25, 0.3) is 0 Å². The van der Waals surface area contributed by atoms with E-state index in [1.807, 2.05) is 38.1 Å². The molecule has 0 aromatic heterocycles. The molecule has 4 amide bonds. The van der Waals surface area contributed by atoms with Gasteiger partial charge in [0, 0.05) is 13.1 Å². The first kappa shape index (κ1) is 16.2. The fourth-order valence-corrected chi connectivity index (χ4v) is 3.02. The number of rotatable bonds is 4. The van der Waals surface area contributed by atoms with Crippen LogP contribution in [0.2, 0.25) is 0 Å². The summed E-state index contributed by atoms with van der Waals surface area (Å²) in [6.45, 7) is 7.77. The van der Waals surface area contributed by atoms with Gasteiger partial charge in [-0.05, 0) is 32.8 Å². The number of benzene rings is 1. The predicted molar refractivity (Wildman–Crippen MR) is 83.3 cm³/mol. The zero-order valence-electron chi connectivity index (χ0n) is 13.5. The van der Waals surface area contributed by atoms with Crippen LogP contribution in [0.4, 0.5) is 4.79 Å². The van der Waals surface area contributed by atoms with Gasteiger partial charge in [0.1, 0.15) is 0 Å². The minimum atomic E-state index is -1.30.